The van der Waals surface area contributed by atoms with Crippen LogP contribution in [0.1, 0.15) is 49.1 Å². The molecule has 1 aliphatic carbocycles. The number of fused-ring (bicyclic) bond motifs is 3. The number of carbonyl (C=O) groups excluding carboxylic acids is 1. The molecule has 0 heterocycles. The Labute approximate surface area is 330 Å². The highest BCUT2D eigenvalue weighted by atomic mass is 127. The molecule has 1 aliphatic rings. The number of ether oxygens (including phenoxy) is 10. The van der Waals surface area contributed by atoms with E-state index < -0.39 is 6.09 Å². The minimum Gasteiger partial charge on any atom is -0.449 e. The number of unbranched alkanes of at least 4 members (excludes halogenated alkanes) is 3. The zero-order valence-electron chi connectivity index (χ0n) is 31.4. The summed E-state index contributed by atoms with van der Waals surface area (Å²) >= 11 is 2.42. The number of alkyl carbamates (subject to hydrolysis) is 1. The van der Waals surface area contributed by atoms with Crippen molar-refractivity contribution in [2.24, 2.45) is 0 Å². The number of rotatable bonds is 36. The van der Waals surface area contributed by atoms with Crippen LogP contribution in [0.2, 0.25) is 0 Å². The normalized spacial score (nSPS) is 12.2. The van der Waals surface area contributed by atoms with Crippen molar-refractivity contribution in [1.29, 1.82) is 0 Å². The number of benzene rings is 2. The Bertz CT molecular complexity index is 1130. The molecular weight excluding hydrogens is 797 g/mol. The van der Waals surface area contributed by atoms with Gasteiger partial charge in [0.2, 0.25) is 0 Å². The fourth-order valence-corrected chi connectivity index (χ4v) is 6.07. The topological polar surface area (TPSA) is 121 Å². The smallest absolute Gasteiger partial charge is 0.407 e. The summed E-state index contributed by atoms with van der Waals surface area (Å²) in [5, 5.41) is 2.81. The van der Waals surface area contributed by atoms with Crippen LogP contribution in [-0.4, -0.2) is 143 Å². The molecule has 1 amide bonds. The fraction of sp³-hybridized carbons (Fsp3) is 0.675. The number of hydrogen-bond acceptors (Lipinski definition) is 11. The number of carbonyl (C=O) groups is 1. The maximum atomic E-state index is 12.3. The number of alkyl halides is 1. The first-order valence-corrected chi connectivity index (χ1v) is 20.7. The summed E-state index contributed by atoms with van der Waals surface area (Å²) in [6.07, 6.45) is 5.24. The first-order valence-electron chi connectivity index (χ1n) is 19.2. The summed E-state index contributed by atoms with van der Waals surface area (Å²) in [6, 6.07) is 16.6. The van der Waals surface area contributed by atoms with Crippen LogP contribution < -0.4 is 5.32 Å². The van der Waals surface area contributed by atoms with Crippen molar-refractivity contribution in [2.45, 2.75) is 38.0 Å². The van der Waals surface area contributed by atoms with E-state index in [9.17, 15) is 4.79 Å². The molecule has 0 aromatic heterocycles. The zero-order chi connectivity index (χ0) is 37.3. The molecule has 0 spiro atoms. The lowest BCUT2D eigenvalue weighted by Gasteiger charge is -2.14. The first-order chi connectivity index (χ1) is 26.3. The van der Waals surface area contributed by atoms with E-state index in [-0.39, 0.29) is 5.92 Å². The second-order valence-corrected chi connectivity index (χ2v) is 13.3. The molecule has 0 bridgehead atoms. The molecule has 0 fully saturated rings. The van der Waals surface area contributed by atoms with Crippen LogP contribution in [0, 0.1) is 0 Å². The monoisotopic (exact) mass is 859 g/mol. The molecule has 1 N–H and O–H groups in total. The van der Waals surface area contributed by atoms with Gasteiger partial charge in [-0.25, -0.2) is 4.79 Å². The van der Waals surface area contributed by atoms with Gasteiger partial charge in [0.25, 0.3) is 0 Å². The van der Waals surface area contributed by atoms with E-state index in [1.165, 1.54) is 45.9 Å². The SMILES string of the molecule is O=C(NCCCOCCOCCOCCOCCOCCOCCOCCOCCOCCCCCCI)OCC1c2ccccc2-c2ccccc21. The highest BCUT2D eigenvalue weighted by molar-refractivity contribution is 14.1. The first kappa shape index (κ1) is 45.5. The van der Waals surface area contributed by atoms with E-state index in [0.717, 1.165) is 13.0 Å². The molecule has 0 saturated carbocycles. The summed E-state index contributed by atoms with van der Waals surface area (Å²) in [7, 11) is 0. The van der Waals surface area contributed by atoms with Gasteiger partial charge in [-0.2, -0.15) is 0 Å². The Morgan fingerprint density at radius 3 is 1.25 bits per heavy atom. The van der Waals surface area contributed by atoms with Gasteiger partial charge < -0.3 is 52.7 Å². The second-order valence-electron chi connectivity index (χ2n) is 12.2. The van der Waals surface area contributed by atoms with Crippen molar-refractivity contribution < 1.29 is 52.2 Å². The lowest BCUT2D eigenvalue weighted by atomic mass is 9.98. The quantitative estimate of drug-likeness (QED) is 0.0490. The van der Waals surface area contributed by atoms with Gasteiger partial charge in [0, 0.05) is 25.7 Å². The molecule has 13 heteroatoms. The summed E-state index contributed by atoms with van der Waals surface area (Å²) in [6.45, 7) is 10.5. The van der Waals surface area contributed by atoms with E-state index in [4.69, 9.17) is 47.4 Å². The molecule has 0 atom stereocenters. The van der Waals surface area contributed by atoms with Gasteiger partial charge in [0.15, 0.2) is 0 Å². The molecule has 2 aromatic carbocycles. The minimum absolute atomic E-state index is 0.0529. The number of halogens is 1. The van der Waals surface area contributed by atoms with Gasteiger partial charge >= 0.3 is 6.09 Å². The molecule has 3 rings (SSSR count). The van der Waals surface area contributed by atoms with Crippen molar-refractivity contribution in [3.8, 4) is 11.1 Å². The maximum Gasteiger partial charge on any atom is 0.407 e. The predicted octanol–water partition coefficient (Wildman–Crippen LogP) is 6.06. The minimum atomic E-state index is -0.411. The van der Waals surface area contributed by atoms with Crippen LogP contribution in [-0.2, 0) is 47.4 Å². The third kappa shape index (κ3) is 21.7. The van der Waals surface area contributed by atoms with Crippen molar-refractivity contribution in [2.75, 3.05) is 137 Å². The Kier molecular flexibility index (Phi) is 27.7. The second kappa shape index (κ2) is 32.3. The number of hydrogen-bond donors (Lipinski definition) is 1. The molecule has 300 valence electrons. The average Bonchev–Trinajstić information content (AvgIpc) is 3.50. The predicted molar refractivity (Wildman–Crippen MR) is 212 cm³/mol. The Morgan fingerprint density at radius 1 is 0.472 bits per heavy atom. The van der Waals surface area contributed by atoms with E-state index in [0.29, 0.717) is 132 Å². The van der Waals surface area contributed by atoms with Gasteiger partial charge in [-0.05, 0) is 45.9 Å². The van der Waals surface area contributed by atoms with Gasteiger partial charge in [0.1, 0.15) is 6.61 Å². The van der Waals surface area contributed by atoms with Gasteiger partial charge in [-0.3, -0.25) is 0 Å². The van der Waals surface area contributed by atoms with Crippen molar-refractivity contribution >= 4 is 28.7 Å². The highest BCUT2D eigenvalue weighted by Gasteiger charge is 2.28. The van der Waals surface area contributed by atoms with Gasteiger partial charge in [-0.1, -0.05) is 84.0 Å². The molecule has 0 unspecified atom stereocenters. The van der Waals surface area contributed by atoms with E-state index in [1.807, 2.05) is 24.3 Å². The molecule has 0 saturated heterocycles. The summed E-state index contributed by atoms with van der Waals surface area (Å²) < 4.78 is 56.5. The Morgan fingerprint density at radius 2 is 0.830 bits per heavy atom. The molecular formula is C40H62INO11. The zero-order valence-corrected chi connectivity index (χ0v) is 33.6. The molecule has 12 nitrogen and oxygen atoms in total. The Hall–Kier alpha value is -1.92. The average molecular weight is 860 g/mol. The van der Waals surface area contributed by atoms with Gasteiger partial charge in [0.05, 0.1) is 106 Å². The van der Waals surface area contributed by atoms with Crippen molar-refractivity contribution in [3.05, 3.63) is 59.7 Å². The largest absolute Gasteiger partial charge is 0.449 e. The van der Waals surface area contributed by atoms with Crippen LogP contribution in [0.3, 0.4) is 0 Å². The summed E-state index contributed by atoms with van der Waals surface area (Å²) in [4.78, 5) is 12.3. The van der Waals surface area contributed by atoms with E-state index in [2.05, 4.69) is 52.2 Å². The van der Waals surface area contributed by atoms with E-state index >= 15 is 0 Å². The molecule has 53 heavy (non-hydrogen) atoms. The standard InChI is InChI=1S/C40H62INO11/c41-14-7-1-2-8-16-44-18-20-46-22-24-48-26-28-50-30-32-52-33-31-51-29-27-49-25-23-47-21-19-45-17-9-15-42-40(43)53-34-39-37-12-5-3-10-35(37)36-11-4-6-13-38(36)39/h3-6,10-13,39H,1-2,7-9,14-34H2,(H,42,43). The summed E-state index contributed by atoms with van der Waals surface area (Å²) in [5.41, 5.74) is 4.82. The van der Waals surface area contributed by atoms with Gasteiger partial charge in [-0.15, -0.1) is 0 Å². The van der Waals surface area contributed by atoms with Crippen LogP contribution in [0.25, 0.3) is 11.1 Å². The van der Waals surface area contributed by atoms with Crippen LogP contribution in [0.4, 0.5) is 4.79 Å². The molecule has 0 aliphatic heterocycles. The van der Waals surface area contributed by atoms with Crippen molar-refractivity contribution in [1.82, 2.24) is 5.32 Å². The van der Waals surface area contributed by atoms with Crippen LogP contribution in [0.5, 0.6) is 0 Å². The third-order valence-corrected chi connectivity index (χ3v) is 8.99. The molecule has 0 radical (unpaired) electrons. The molecule has 2 aromatic rings. The number of nitrogens with one attached hydrogen (secondary N) is 1. The summed E-state index contributed by atoms with van der Waals surface area (Å²) in [5.74, 6) is 0.0529. The third-order valence-electron chi connectivity index (χ3n) is 8.23. The Balaban J connectivity index is 0.952. The maximum absolute atomic E-state index is 12.3. The van der Waals surface area contributed by atoms with Crippen LogP contribution in [0.15, 0.2) is 48.5 Å². The van der Waals surface area contributed by atoms with E-state index in [1.54, 1.807) is 0 Å². The lowest BCUT2D eigenvalue weighted by Crippen LogP contribution is -2.27. The van der Waals surface area contributed by atoms with Crippen molar-refractivity contribution in [3.63, 3.8) is 0 Å². The number of amides is 1. The van der Waals surface area contributed by atoms with Crippen LogP contribution >= 0.6 is 22.6 Å². The fourth-order valence-electron chi connectivity index (χ4n) is 5.53. The highest BCUT2D eigenvalue weighted by Crippen LogP contribution is 2.44. The lowest BCUT2D eigenvalue weighted by molar-refractivity contribution is -0.0250.